The molecule has 0 saturated carbocycles. The lowest BCUT2D eigenvalue weighted by Gasteiger charge is -2.21. The molecule has 0 aromatic carbocycles. The molecular formula is C14H28O4Si2. The third-order valence-electron chi connectivity index (χ3n) is 2.81. The Morgan fingerprint density at radius 3 is 1.35 bits per heavy atom. The van der Waals surface area contributed by atoms with Crippen LogP contribution in [0.4, 0.5) is 0 Å². The van der Waals surface area contributed by atoms with E-state index in [1.807, 2.05) is 26.2 Å². The first-order chi connectivity index (χ1) is 9.12. The molecule has 0 aromatic heterocycles. The van der Waals surface area contributed by atoms with Crippen LogP contribution < -0.4 is 0 Å². The van der Waals surface area contributed by atoms with Crippen molar-refractivity contribution in [3.05, 3.63) is 12.2 Å². The van der Waals surface area contributed by atoms with Crippen LogP contribution in [-0.4, -0.2) is 28.6 Å². The first-order valence-electron chi connectivity index (χ1n) is 7.26. The van der Waals surface area contributed by atoms with E-state index in [9.17, 15) is 9.59 Å². The summed E-state index contributed by atoms with van der Waals surface area (Å²) in [6, 6.07) is 1.85. The van der Waals surface area contributed by atoms with Gasteiger partial charge in [0.05, 0.1) is 0 Å². The van der Waals surface area contributed by atoms with Gasteiger partial charge in [-0.1, -0.05) is 26.7 Å². The van der Waals surface area contributed by atoms with Crippen molar-refractivity contribution >= 4 is 28.6 Å². The second-order valence-corrected chi connectivity index (χ2v) is 14.6. The molecule has 0 spiro atoms. The predicted octanol–water partition coefficient (Wildman–Crippen LogP) is 3.86. The Balaban J connectivity index is 4.35. The van der Waals surface area contributed by atoms with Gasteiger partial charge in [0.2, 0.25) is 16.6 Å². The van der Waals surface area contributed by atoms with Gasteiger partial charge in [0.1, 0.15) is 0 Å². The van der Waals surface area contributed by atoms with E-state index in [1.165, 1.54) is 12.2 Å². The van der Waals surface area contributed by atoms with Gasteiger partial charge in [-0.3, -0.25) is 0 Å². The fourth-order valence-corrected chi connectivity index (χ4v) is 5.89. The van der Waals surface area contributed by atoms with Crippen LogP contribution in [0.3, 0.4) is 0 Å². The van der Waals surface area contributed by atoms with Gasteiger partial charge in [-0.2, -0.15) is 0 Å². The molecule has 0 aliphatic rings. The Bertz CT molecular complexity index is 328. The molecule has 0 fully saturated rings. The molecule has 0 amide bonds. The van der Waals surface area contributed by atoms with Crippen LogP contribution in [-0.2, 0) is 18.4 Å². The van der Waals surface area contributed by atoms with Crippen molar-refractivity contribution < 1.29 is 18.4 Å². The summed E-state index contributed by atoms with van der Waals surface area (Å²) in [6.07, 6.45) is 4.36. The second kappa shape index (κ2) is 8.41. The molecule has 20 heavy (non-hydrogen) atoms. The summed E-state index contributed by atoms with van der Waals surface area (Å²) < 4.78 is 10.8. The zero-order valence-electron chi connectivity index (χ0n) is 13.6. The highest BCUT2D eigenvalue weighted by atomic mass is 28.4. The zero-order chi connectivity index (χ0) is 15.8. The largest absolute Gasteiger partial charge is 0.517 e. The first-order valence-corrected chi connectivity index (χ1v) is 13.5. The molecule has 116 valence electrons. The molecule has 0 aliphatic heterocycles. The fraction of sp³-hybridized carbons (Fsp3) is 0.714. The van der Waals surface area contributed by atoms with Gasteiger partial charge >= 0.3 is 11.9 Å². The summed E-state index contributed by atoms with van der Waals surface area (Å²) in [6.45, 7) is 12.1. The van der Waals surface area contributed by atoms with Crippen LogP contribution in [0.1, 0.15) is 26.7 Å². The molecule has 0 bridgehead atoms. The number of carbonyl (C=O) groups is 2. The Labute approximate surface area is 124 Å². The molecule has 0 heterocycles. The molecule has 0 rings (SSSR count). The highest BCUT2D eigenvalue weighted by Crippen LogP contribution is 2.15. The van der Waals surface area contributed by atoms with Crippen molar-refractivity contribution in [3.63, 3.8) is 0 Å². The summed E-state index contributed by atoms with van der Waals surface area (Å²) in [5.74, 6) is -0.885. The monoisotopic (exact) mass is 316 g/mol. The van der Waals surface area contributed by atoms with Crippen LogP contribution in [0.15, 0.2) is 12.2 Å². The van der Waals surface area contributed by atoms with Crippen molar-refractivity contribution in [1.82, 2.24) is 0 Å². The summed E-state index contributed by atoms with van der Waals surface area (Å²) in [7, 11) is -3.88. The van der Waals surface area contributed by atoms with Crippen molar-refractivity contribution in [2.45, 2.75) is 65.0 Å². The Morgan fingerprint density at radius 2 is 1.10 bits per heavy atom. The summed E-state index contributed by atoms with van der Waals surface area (Å²) in [4.78, 5) is 23.3. The maximum absolute atomic E-state index is 11.7. The van der Waals surface area contributed by atoms with E-state index in [0.29, 0.717) is 0 Å². The minimum absolute atomic E-state index is 0.443. The lowest BCUT2D eigenvalue weighted by atomic mass is 10.5. The van der Waals surface area contributed by atoms with Gasteiger partial charge in [0.15, 0.2) is 0 Å². The number of carbonyl (C=O) groups excluding carboxylic acids is 2. The van der Waals surface area contributed by atoms with Crippen LogP contribution in [0, 0.1) is 0 Å². The van der Waals surface area contributed by atoms with Crippen molar-refractivity contribution in [1.29, 1.82) is 0 Å². The fourth-order valence-electron chi connectivity index (χ4n) is 2.05. The quantitative estimate of drug-likeness (QED) is 0.504. The van der Waals surface area contributed by atoms with E-state index < -0.39 is 28.6 Å². The standard InChI is InChI=1S/C14H28O4Si2/c1-7-11-19(3,4)17-13(15)9-10-14(16)18-20(5,6)12-8-2/h9-10H,7-8,11-12H2,1-6H3/b10-9+. The van der Waals surface area contributed by atoms with E-state index >= 15 is 0 Å². The molecule has 0 N–H and O–H groups in total. The minimum atomic E-state index is -1.94. The van der Waals surface area contributed by atoms with Gasteiger partial charge in [0.25, 0.3) is 0 Å². The maximum atomic E-state index is 11.7. The zero-order valence-corrected chi connectivity index (χ0v) is 15.6. The van der Waals surface area contributed by atoms with Crippen LogP contribution in [0.5, 0.6) is 0 Å². The highest BCUT2D eigenvalue weighted by Gasteiger charge is 2.26. The SMILES string of the molecule is CCC[Si](C)(C)OC(=O)/C=C/C(=O)O[Si](C)(C)CCC. The van der Waals surface area contributed by atoms with E-state index in [-0.39, 0.29) is 0 Å². The van der Waals surface area contributed by atoms with Crippen LogP contribution in [0.2, 0.25) is 38.3 Å². The smallest absolute Gasteiger partial charge is 0.317 e. The third-order valence-corrected chi connectivity index (χ3v) is 7.73. The van der Waals surface area contributed by atoms with E-state index in [2.05, 4.69) is 13.8 Å². The summed E-state index contributed by atoms with van der Waals surface area (Å²) in [5.41, 5.74) is 0. The van der Waals surface area contributed by atoms with Gasteiger partial charge in [-0.15, -0.1) is 0 Å². The van der Waals surface area contributed by atoms with Crippen LogP contribution in [0.25, 0.3) is 0 Å². The third kappa shape index (κ3) is 9.09. The Morgan fingerprint density at radius 1 is 0.800 bits per heavy atom. The van der Waals surface area contributed by atoms with E-state index in [4.69, 9.17) is 8.85 Å². The molecule has 0 radical (unpaired) electrons. The molecule has 0 saturated heterocycles. The van der Waals surface area contributed by atoms with Gasteiger partial charge in [0, 0.05) is 12.2 Å². The molecule has 0 aliphatic carbocycles. The minimum Gasteiger partial charge on any atom is -0.517 e. The average Bonchev–Trinajstić information content (AvgIpc) is 2.24. The second-order valence-electron chi connectivity index (χ2n) is 6.19. The Hall–Kier alpha value is -0.886. The summed E-state index contributed by atoms with van der Waals surface area (Å²) in [5, 5.41) is 0. The normalized spacial score (nSPS) is 12.5. The molecule has 4 nitrogen and oxygen atoms in total. The predicted molar refractivity (Wildman–Crippen MR) is 86.5 cm³/mol. The average molecular weight is 317 g/mol. The highest BCUT2D eigenvalue weighted by molar-refractivity contribution is 6.73. The van der Waals surface area contributed by atoms with Crippen molar-refractivity contribution in [2.24, 2.45) is 0 Å². The van der Waals surface area contributed by atoms with Gasteiger partial charge < -0.3 is 8.85 Å². The Kier molecular flexibility index (Phi) is 8.04. The first kappa shape index (κ1) is 19.1. The maximum Gasteiger partial charge on any atom is 0.317 e. The number of rotatable bonds is 8. The number of hydrogen-bond donors (Lipinski definition) is 0. The topological polar surface area (TPSA) is 52.6 Å². The van der Waals surface area contributed by atoms with E-state index in [1.54, 1.807) is 0 Å². The lowest BCUT2D eigenvalue weighted by Crippen LogP contribution is -2.33. The molecule has 0 unspecified atom stereocenters. The molecular weight excluding hydrogens is 288 g/mol. The molecule has 0 aromatic rings. The van der Waals surface area contributed by atoms with Gasteiger partial charge in [-0.25, -0.2) is 9.59 Å². The summed E-state index contributed by atoms with van der Waals surface area (Å²) >= 11 is 0. The van der Waals surface area contributed by atoms with E-state index in [0.717, 1.165) is 24.9 Å². The van der Waals surface area contributed by atoms with Crippen molar-refractivity contribution in [2.75, 3.05) is 0 Å². The lowest BCUT2D eigenvalue weighted by molar-refractivity contribution is -0.132. The molecule has 6 heteroatoms. The van der Waals surface area contributed by atoms with Crippen LogP contribution >= 0.6 is 0 Å². The van der Waals surface area contributed by atoms with Crippen molar-refractivity contribution in [3.8, 4) is 0 Å². The van der Waals surface area contributed by atoms with Gasteiger partial charge in [-0.05, 0) is 38.3 Å². The molecule has 0 atom stereocenters. The number of hydrogen-bond acceptors (Lipinski definition) is 4.